The van der Waals surface area contributed by atoms with Crippen LogP contribution in [-0.4, -0.2) is 28.8 Å². The van der Waals surface area contributed by atoms with E-state index >= 15 is 0 Å². The summed E-state index contributed by atoms with van der Waals surface area (Å²) in [6.07, 6.45) is 4.05. The van der Waals surface area contributed by atoms with Crippen LogP contribution in [0.5, 0.6) is 5.75 Å². The average Bonchev–Trinajstić information content (AvgIpc) is 2.92. The van der Waals surface area contributed by atoms with Gasteiger partial charge in [-0.25, -0.2) is 0 Å². The molecule has 2 heterocycles. The summed E-state index contributed by atoms with van der Waals surface area (Å²) in [5, 5.41) is 6.99. The number of amides is 1. The van der Waals surface area contributed by atoms with E-state index < -0.39 is 0 Å². The van der Waals surface area contributed by atoms with Gasteiger partial charge in [0, 0.05) is 12.7 Å². The van der Waals surface area contributed by atoms with Crippen LogP contribution in [0, 0.1) is 5.92 Å². The van der Waals surface area contributed by atoms with Crippen molar-refractivity contribution in [3.8, 4) is 5.75 Å². The Balaban J connectivity index is 1.50. The Morgan fingerprint density at radius 1 is 1.48 bits per heavy atom. The molecule has 0 saturated heterocycles. The lowest BCUT2D eigenvalue weighted by atomic mass is 9.96. The standard InChI is InChI=1S/C15H18N4O2/c16-13-8-18-19(9-13)6-5-17-15(20)12-7-11-3-1-2-4-14(11)21-10-12/h1-4,8-9,12H,5-7,10,16H2,(H,17,20). The van der Waals surface area contributed by atoms with Crippen LogP contribution >= 0.6 is 0 Å². The smallest absolute Gasteiger partial charge is 0.226 e. The number of hydrogen-bond acceptors (Lipinski definition) is 4. The van der Waals surface area contributed by atoms with Crippen molar-refractivity contribution in [2.24, 2.45) is 5.92 Å². The lowest BCUT2D eigenvalue weighted by Crippen LogP contribution is -2.38. The molecule has 1 unspecified atom stereocenters. The van der Waals surface area contributed by atoms with Crippen LogP contribution in [0.3, 0.4) is 0 Å². The van der Waals surface area contributed by atoms with E-state index in [-0.39, 0.29) is 11.8 Å². The molecule has 0 radical (unpaired) electrons. The fourth-order valence-electron chi connectivity index (χ4n) is 2.44. The summed E-state index contributed by atoms with van der Waals surface area (Å²) in [6, 6.07) is 7.84. The second-order valence-electron chi connectivity index (χ2n) is 5.15. The molecule has 1 aliphatic heterocycles. The van der Waals surface area contributed by atoms with Crippen molar-refractivity contribution in [3.63, 3.8) is 0 Å². The van der Waals surface area contributed by atoms with E-state index in [2.05, 4.69) is 10.4 Å². The minimum absolute atomic E-state index is 0.0182. The quantitative estimate of drug-likeness (QED) is 0.872. The second-order valence-corrected chi connectivity index (χ2v) is 5.15. The third-order valence-corrected chi connectivity index (χ3v) is 3.54. The molecule has 21 heavy (non-hydrogen) atoms. The lowest BCUT2D eigenvalue weighted by Gasteiger charge is -2.24. The maximum absolute atomic E-state index is 12.2. The molecule has 1 aliphatic rings. The van der Waals surface area contributed by atoms with Crippen molar-refractivity contribution >= 4 is 11.6 Å². The van der Waals surface area contributed by atoms with Crippen molar-refractivity contribution in [2.45, 2.75) is 13.0 Å². The topological polar surface area (TPSA) is 82.2 Å². The number of carbonyl (C=O) groups excluding carboxylic acids is 1. The molecule has 0 fully saturated rings. The summed E-state index contributed by atoms with van der Waals surface area (Å²) in [6.45, 7) is 1.56. The Morgan fingerprint density at radius 2 is 2.33 bits per heavy atom. The molecule has 1 amide bonds. The number of nitrogens with zero attached hydrogens (tertiary/aromatic N) is 2. The second kappa shape index (κ2) is 5.87. The zero-order valence-electron chi connectivity index (χ0n) is 11.7. The highest BCUT2D eigenvalue weighted by Crippen LogP contribution is 2.26. The SMILES string of the molecule is Nc1cnn(CCNC(=O)C2COc3ccccc3C2)c1. The van der Waals surface area contributed by atoms with E-state index in [4.69, 9.17) is 10.5 Å². The first-order valence-electron chi connectivity index (χ1n) is 6.99. The van der Waals surface area contributed by atoms with Crippen LogP contribution in [0.1, 0.15) is 5.56 Å². The van der Waals surface area contributed by atoms with E-state index in [0.717, 1.165) is 17.7 Å². The molecular formula is C15H18N4O2. The molecule has 0 spiro atoms. The molecule has 1 aromatic carbocycles. The average molecular weight is 286 g/mol. The Bertz CT molecular complexity index is 638. The van der Waals surface area contributed by atoms with Crippen LogP contribution in [-0.2, 0) is 17.8 Å². The number of carbonyl (C=O) groups is 1. The number of hydrogen-bond donors (Lipinski definition) is 2. The van der Waals surface area contributed by atoms with Crippen LogP contribution in [0.2, 0.25) is 0 Å². The third-order valence-electron chi connectivity index (χ3n) is 3.54. The van der Waals surface area contributed by atoms with Gasteiger partial charge in [0.1, 0.15) is 12.4 Å². The van der Waals surface area contributed by atoms with E-state index in [1.54, 1.807) is 17.1 Å². The molecule has 6 heteroatoms. The number of ether oxygens (including phenoxy) is 1. The first-order chi connectivity index (χ1) is 10.2. The van der Waals surface area contributed by atoms with Gasteiger partial charge in [-0.3, -0.25) is 9.48 Å². The Labute approximate surface area is 122 Å². The summed E-state index contributed by atoms with van der Waals surface area (Å²) in [5.41, 5.74) is 7.30. The summed E-state index contributed by atoms with van der Waals surface area (Å²) in [5.74, 6) is 0.765. The van der Waals surface area contributed by atoms with Crippen molar-refractivity contribution in [3.05, 3.63) is 42.2 Å². The number of fused-ring (bicyclic) bond motifs is 1. The number of para-hydroxylation sites is 1. The number of nitrogens with two attached hydrogens (primary N) is 1. The Hall–Kier alpha value is -2.50. The van der Waals surface area contributed by atoms with Gasteiger partial charge in [0.2, 0.25) is 5.91 Å². The highest BCUT2D eigenvalue weighted by Gasteiger charge is 2.25. The van der Waals surface area contributed by atoms with Crippen LogP contribution < -0.4 is 15.8 Å². The highest BCUT2D eigenvalue weighted by atomic mass is 16.5. The van der Waals surface area contributed by atoms with Crippen LogP contribution in [0.15, 0.2) is 36.7 Å². The number of nitrogen functional groups attached to an aromatic ring is 1. The van der Waals surface area contributed by atoms with E-state index in [1.165, 1.54) is 0 Å². The number of nitrogens with one attached hydrogen (secondary N) is 1. The highest BCUT2D eigenvalue weighted by molar-refractivity contribution is 5.79. The minimum Gasteiger partial charge on any atom is -0.492 e. The van der Waals surface area contributed by atoms with Crippen molar-refractivity contribution < 1.29 is 9.53 Å². The predicted octanol–water partition coefficient (Wildman–Crippen LogP) is 0.833. The fraction of sp³-hybridized carbons (Fsp3) is 0.333. The van der Waals surface area contributed by atoms with Gasteiger partial charge < -0.3 is 15.8 Å². The molecule has 0 bridgehead atoms. The van der Waals surface area contributed by atoms with Gasteiger partial charge in [0.25, 0.3) is 0 Å². The van der Waals surface area contributed by atoms with Gasteiger partial charge in [-0.05, 0) is 18.1 Å². The Kier molecular flexibility index (Phi) is 3.77. The third kappa shape index (κ3) is 3.16. The summed E-state index contributed by atoms with van der Waals surface area (Å²) in [7, 11) is 0. The summed E-state index contributed by atoms with van der Waals surface area (Å²) < 4.78 is 7.34. The molecule has 110 valence electrons. The van der Waals surface area contributed by atoms with Crippen LogP contribution in [0.4, 0.5) is 5.69 Å². The van der Waals surface area contributed by atoms with Gasteiger partial charge in [0.15, 0.2) is 0 Å². The molecule has 1 atom stereocenters. The first-order valence-corrected chi connectivity index (χ1v) is 6.99. The number of benzene rings is 1. The zero-order valence-corrected chi connectivity index (χ0v) is 11.7. The monoisotopic (exact) mass is 286 g/mol. The van der Waals surface area contributed by atoms with Gasteiger partial charge >= 0.3 is 0 Å². The fourth-order valence-corrected chi connectivity index (χ4v) is 2.44. The summed E-state index contributed by atoms with van der Waals surface area (Å²) in [4.78, 5) is 12.2. The molecule has 6 nitrogen and oxygen atoms in total. The summed E-state index contributed by atoms with van der Waals surface area (Å²) >= 11 is 0. The maximum Gasteiger partial charge on any atom is 0.226 e. The van der Waals surface area contributed by atoms with Gasteiger partial charge in [0.05, 0.1) is 24.3 Å². The molecule has 3 N–H and O–H groups in total. The van der Waals surface area contributed by atoms with Gasteiger partial charge in [-0.15, -0.1) is 0 Å². The largest absolute Gasteiger partial charge is 0.492 e. The first kappa shape index (κ1) is 13.5. The number of aromatic nitrogens is 2. The molecule has 0 aliphatic carbocycles. The molecule has 3 rings (SSSR count). The molecular weight excluding hydrogens is 268 g/mol. The molecule has 2 aromatic rings. The van der Waals surface area contributed by atoms with E-state index in [9.17, 15) is 4.79 Å². The minimum atomic E-state index is -0.136. The van der Waals surface area contributed by atoms with Crippen molar-refractivity contribution in [2.75, 3.05) is 18.9 Å². The zero-order chi connectivity index (χ0) is 14.7. The Morgan fingerprint density at radius 3 is 3.14 bits per heavy atom. The van der Waals surface area contributed by atoms with E-state index in [1.807, 2.05) is 24.3 Å². The van der Waals surface area contributed by atoms with E-state index in [0.29, 0.717) is 25.4 Å². The molecule has 1 aromatic heterocycles. The van der Waals surface area contributed by atoms with Crippen molar-refractivity contribution in [1.29, 1.82) is 0 Å². The van der Waals surface area contributed by atoms with Gasteiger partial charge in [-0.1, -0.05) is 18.2 Å². The number of anilines is 1. The number of rotatable bonds is 4. The predicted molar refractivity (Wildman–Crippen MR) is 78.8 cm³/mol. The molecule has 0 saturated carbocycles. The maximum atomic E-state index is 12.2. The lowest BCUT2D eigenvalue weighted by molar-refractivity contribution is -0.126. The van der Waals surface area contributed by atoms with Crippen molar-refractivity contribution in [1.82, 2.24) is 15.1 Å². The van der Waals surface area contributed by atoms with Gasteiger partial charge in [-0.2, -0.15) is 5.10 Å². The normalized spacial score (nSPS) is 16.9. The van der Waals surface area contributed by atoms with Crippen LogP contribution in [0.25, 0.3) is 0 Å².